The Bertz CT molecular complexity index is 344. The molecule has 1 saturated heterocycles. The minimum Gasteiger partial charge on any atom is -0.353 e. The van der Waals surface area contributed by atoms with Crippen LogP contribution in [0.2, 0.25) is 0 Å². The fraction of sp³-hybridized carbons (Fsp3) is 0.600. The van der Waals surface area contributed by atoms with Gasteiger partial charge in [-0.15, -0.1) is 0 Å². The van der Waals surface area contributed by atoms with Crippen LogP contribution in [-0.2, 0) is 0 Å². The number of hydrogen-bond acceptors (Lipinski definition) is 4. The van der Waals surface area contributed by atoms with Crippen LogP contribution in [0.15, 0.2) is 17.0 Å². The lowest BCUT2D eigenvalue weighted by atomic mass is 10.1. The predicted molar refractivity (Wildman–Crippen MR) is 63.7 cm³/mol. The topological polar surface area (TPSA) is 55.0 Å². The van der Waals surface area contributed by atoms with Gasteiger partial charge in [0.15, 0.2) is 0 Å². The molecule has 0 amide bonds. The third-order valence-electron chi connectivity index (χ3n) is 2.91. The summed E-state index contributed by atoms with van der Waals surface area (Å²) >= 11 is 3.48. The summed E-state index contributed by atoms with van der Waals surface area (Å²) in [6, 6.07) is 0.504. The van der Waals surface area contributed by atoms with Crippen LogP contribution in [0.4, 0.5) is 5.82 Å². The van der Waals surface area contributed by atoms with Crippen LogP contribution in [0, 0.1) is 5.92 Å². The van der Waals surface area contributed by atoms with Gasteiger partial charge in [-0.05, 0) is 41.7 Å². The summed E-state index contributed by atoms with van der Waals surface area (Å²) < 4.78 is 0.953. The van der Waals surface area contributed by atoms with Gasteiger partial charge in [0.05, 0.1) is 4.47 Å². The highest BCUT2D eigenvalue weighted by Crippen LogP contribution is 2.31. The molecule has 1 aromatic rings. The molecule has 0 radical (unpaired) electrons. The van der Waals surface area contributed by atoms with Crippen molar-refractivity contribution in [2.24, 2.45) is 11.7 Å². The number of nitrogens with zero attached hydrogens (tertiary/aromatic N) is 3. The molecule has 82 valence electrons. The second kappa shape index (κ2) is 4.45. The van der Waals surface area contributed by atoms with Gasteiger partial charge in [0, 0.05) is 18.8 Å². The maximum Gasteiger partial charge on any atom is 0.146 e. The average molecular weight is 271 g/mol. The third kappa shape index (κ3) is 2.13. The summed E-state index contributed by atoms with van der Waals surface area (Å²) in [5.74, 6) is 1.57. The molecule has 4 nitrogen and oxygen atoms in total. The van der Waals surface area contributed by atoms with Gasteiger partial charge in [-0.25, -0.2) is 9.97 Å². The summed E-state index contributed by atoms with van der Waals surface area (Å²) in [6.45, 7) is 3.96. The van der Waals surface area contributed by atoms with E-state index in [1.54, 1.807) is 12.5 Å². The Morgan fingerprint density at radius 1 is 1.67 bits per heavy atom. The summed E-state index contributed by atoms with van der Waals surface area (Å²) in [5.41, 5.74) is 5.70. The van der Waals surface area contributed by atoms with E-state index in [0.29, 0.717) is 12.0 Å². The molecule has 2 N–H and O–H groups in total. The molecule has 1 aliphatic rings. The average Bonchev–Trinajstić information content (AvgIpc) is 2.60. The fourth-order valence-corrected chi connectivity index (χ4v) is 2.57. The smallest absolute Gasteiger partial charge is 0.146 e. The molecule has 2 unspecified atom stereocenters. The maximum atomic E-state index is 5.70. The van der Waals surface area contributed by atoms with Crippen LogP contribution in [0.3, 0.4) is 0 Å². The molecule has 2 heterocycles. The van der Waals surface area contributed by atoms with Gasteiger partial charge in [-0.2, -0.15) is 0 Å². The van der Waals surface area contributed by atoms with Crippen LogP contribution < -0.4 is 10.6 Å². The van der Waals surface area contributed by atoms with E-state index in [9.17, 15) is 0 Å². The molecule has 0 spiro atoms. The molecular weight excluding hydrogens is 256 g/mol. The number of aromatic nitrogens is 2. The first-order valence-electron chi connectivity index (χ1n) is 5.14. The lowest BCUT2D eigenvalue weighted by Crippen LogP contribution is -2.28. The number of hydrogen-bond donors (Lipinski definition) is 1. The Labute approximate surface area is 98.0 Å². The molecule has 0 aliphatic carbocycles. The van der Waals surface area contributed by atoms with Crippen molar-refractivity contribution >= 4 is 21.7 Å². The van der Waals surface area contributed by atoms with Crippen molar-refractivity contribution in [3.05, 3.63) is 17.0 Å². The predicted octanol–water partition coefficient (Wildman–Crippen LogP) is 1.41. The van der Waals surface area contributed by atoms with Crippen molar-refractivity contribution in [3.63, 3.8) is 0 Å². The van der Waals surface area contributed by atoms with E-state index in [2.05, 4.69) is 37.7 Å². The SMILES string of the molecule is CC1CC(CN)CN1c1ncncc1Br. The lowest BCUT2D eigenvalue weighted by molar-refractivity contribution is 0.579. The van der Waals surface area contributed by atoms with Gasteiger partial charge in [0.2, 0.25) is 0 Å². The van der Waals surface area contributed by atoms with Crippen molar-refractivity contribution in [1.82, 2.24) is 9.97 Å². The number of rotatable bonds is 2. The second-order valence-electron chi connectivity index (χ2n) is 4.03. The molecule has 0 bridgehead atoms. The first-order valence-corrected chi connectivity index (χ1v) is 5.94. The Morgan fingerprint density at radius 3 is 3.07 bits per heavy atom. The zero-order valence-electron chi connectivity index (χ0n) is 8.73. The van der Waals surface area contributed by atoms with Crippen LogP contribution >= 0.6 is 15.9 Å². The van der Waals surface area contributed by atoms with Crippen molar-refractivity contribution in [1.29, 1.82) is 0 Å². The standard InChI is InChI=1S/C10H15BrN4/c1-7-2-8(3-12)5-15(7)10-9(11)4-13-6-14-10/h4,6-8H,2-3,5,12H2,1H3. The molecule has 1 aliphatic heterocycles. The van der Waals surface area contributed by atoms with E-state index >= 15 is 0 Å². The van der Waals surface area contributed by atoms with Crippen LogP contribution in [0.5, 0.6) is 0 Å². The van der Waals surface area contributed by atoms with E-state index in [-0.39, 0.29) is 0 Å². The van der Waals surface area contributed by atoms with Crippen molar-refractivity contribution in [2.45, 2.75) is 19.4 Å². The van der Waals surface area contributed by atoms with Gasteiger partial charge >= 0.3 is 0 Å². The fourth-order valence-electron chi connectivity index (χ4n) is 2.13. The van der Waals surface area contributed by atoms with Crippen molar-refractivity contribution in [2.75, 3.05) is 18.0 Å². The summed E-state index contributed by atoms with van der Waals surface area (Å²) in [7, 11) is 0. The second-order valence-corrected chi connectivity index (χ2v) is 4.89. The third-order valence-corrected chi connectivity index (χ3v) is 3.47. The number of nitrogens with two attached hydrogens (primary N) is 1. The summed E-state index contributed by atoms with van der Waals surface area (Å²) in [5, 5.41) is 0. The van der Waals surface area contributed by atoms with Crippen molar-refractivity contribution < 1.29 is 0 Å². The molecule has 0 aromatic carbocycles. The Hall–Kier alpha value is -0.680. The molecule has 2 atom stereocenters. The zero-order valence-corrected chi connectivity index (χ0v) is 10.3. The van der Waals surface area contributed by atoms with Gasteiger partial charge in [0.25, 0.3) is 0 Å². The minimum absolute atomic E-state index is 0.504. The van der Waals surface area contributed by atoms with E-state index in [4.69, 9.17) is 5.73 Å². The van der Waals surface area contributed by atoms with Gasteiger partial charge in [-0.3, -0.25) is 0 Å². The van der Waals surface area contributed by atoms with Crippen LogP contribution in [-0.4, -0.2) is 29.1 Å². The Kier molecular flexibility index (Phi) is 3.21. The van der Waals surface area contributed by atoms with E-state index < -0.39 is 0 Å². The van der Waals surface area contributed by atoms with E-state index in [1.165, 1.54) is 0 Å². The minimum atomic E-state index is 0.504. The molecule has 1 fully saturated rings. The largest absolute Gasteiger partial charge is 0.353 e. The highest BCUT2D eigenvalue weighted by Gasteiger charge is 2.29. The highest BCUT2D eigenvalue weighted by atomic mass is 79.9. The highest BCUT2D eigenvalue weighted by molar-refractivity contribution is 9.10. The number of anilines is 1. The van der Waals surface area contributed by atoms with Gasteiger partial charge in [0.1, 0.15) is 12.1 Å². The quantitative estimate of drug-likeness (QED) is 0.883. The monoisotopic (exact) mass is 270 g/mol. The summed E-state index contributed by atoms with van der Waals surface area (Å²) in [4.78, 5) is 10.6. The Balaban J connectivity index is 2.21. The van der Waals surface area contributed by atoms with Crippen molar-refractivity contribution in [3.8, 4) is 0 Å². The first-order chi connectivity index (χ1) is 7.22. The zero-order chi connectivity index (χ0) is 10.8. The summed E-state index contributed by atoms with van der Waals surface area (Å²) in [6.07, 6.45) is 4.51. The normalized spacial score (nSPS) is 25.9. The molecule has 0 saturated carbocycles. The van der Waals surface area contributed by atoms with E-state index in [0.717, 1.165) is 29.8 Å². The molecule has 2 rings (SSSR count). The maximum absolute atomic E-state index is 5.70. The van der Waals surface area contributed by atoms with Gasteiger partial charge < -0.3 is 10.6 Å². The van der Waals surface area contributed by atoms with Crippen LogP contribution in [0.25, 0.3) is 0 Å². The van der Waals surface area contributed by atoms with E-state index in [1.807, 2.05) is 0 Å². The number of halogens is 1. The first kappa shape index (κ1) is 10.8. The van der Waals surface area contributed by atoms with Gasteiger partial charge in [-0.1, -0.05) is 0 Å². The molecule has 15 heavy (non-hydrogen) atoms. The lowest BCUT2D eigenvalue weighted by Gasteiger charge is -2.23. The van der Waals surface area contributed by atoms with Crippen LogP contribution in [0.1, 0.15) is 13.3 Å². The molecular formula is C10H15BrN4. The molecule has 1 aromatic heterocycles. The Morgan fingerprint density at radius 2 is 2.47 bits per heavy atom. The molecule has 5 heteroatoms.